The van der Waals surface area contributed by atoms with Crippen molar-refractivity contribution in [3.05, 3.63) is 11.6 Å². The van der Waals surface area contributed by atoms with E-state index in [1.54, 1.807) is 20.8 Å². The van der Waals surface area contributed by atoms with Gasteiger partial charge in [0.15, 0.2) is 27.0 Å². The summed E-state index contributed by atoms with van der Waals surface area (Å²) in [5.74, 6) is -3.28. The minimum Gasteiger partial charge on any atom is -0.481 e. The van der Waals surface area contributed by atoms with Crippen LogP contribution in [0.4, 0.5) is 0 Å². The first-order valence-corrected chi connectivity index (χ1v) is 9.27. The quantitative estimate of drug-likeness (QED) is 0.511. The average molecular weight is 389 g/mol. The van der Waals surface area contributed by atoms with Crippen LogP contribution in [0.25, 0.3) is 0 Å². The molecule has 0 aromatic heterocycles. The fourth-order valence-corrected chi connectivity index (χ4v) is 4.68. The van der Waals surface area contributed by atoms with E-state index in [0.29, 0.717) is 0 Å². The number of carbonyl (C=O) groups excluding carboxylic acids is 2. The molecule has 2 fully saturated rings. The molecular weight excluding hydrogens is 366 g/mol. The third-order valence-electron chi connectivity index (χ3n) is 4.20. The topological polar surface area (TPSA) is 146 Å². The zero-order valence-electron chi connectivity index (χ0n) is 15.4. The molecule has 0 aliphatic carbocycles. The molecule has 2 N–H and O–H groups in total. The first kappa shape index (κ1) is 21.8. The lowest BCUT2D eigenvalue weighted by molar-refractivity contribution is -0.152. The van der Waals surface area contributed by atoms with Gasteiger partial charge in [-0.3, -0.25) is 14.4 Å². The number of fused-ring (bicyclic) bond motifs is 1. The number of carboxylic acid groups (broad SMARTS) is 2. The number of allylic oxidation sites excluding steroid dienone is 1. The molecule has 2 aliphatic rings. The Morgan fingerprint density at radius 1 is 1.15 bits per heavy atom. The summed E-state index contributed by atoms with van der Waals surface area (Å²) in [7, 11) is -3.88. The van der Waals surface area contributed by atoms with Gasteiger partial charge in [0, 0.05) is 0 Å². The highest BCUT2D eigenvalue weighted by atomic mass is 32.2. The molecule has 0 aromatic rings. The number of nitrogens with zero attached hydrogens (tertiary/aromatic N) is 1. The van der Waals surface area contributed by atoms with E-state index in [4.69, 9.17) is 10.2 Å². The van der Waals surface area contributed by atoms with Crippen LogP contribution in [0.2, 0.25) is 0 Å². The van der Waals surface area contributed by atoms with Gasteiger partial charge in [-0.25, -0.2) is 13.2 Å². The standard InChI is InChI=1S/C11H13NO6S.C5H10O2/c1-5(13)4-6-8(14)12-7(10(15)16)11(2,3)19(17,18)9(6)12;1-5(2,3)4(6)7/h4,7,9H,1-3H3,(H,15,16);1-3H3,(H,6,7)/t7-,9+;/m0./s1. The second-order valence-electron chi connectivity index (χ2n) is 7.72. The largest absolute Gasteiger partial charge is 0.481 e. The van der Waals surface area contributed by atoms with Crippen LogP contribution in [0, 0.1) is 5.41 Å². The molecule has 146 valence electrons. The van der Waals surface area contributed by atoms with E-state index in [0.717, 1.165) is 11.0 Å². The summed E-state index contributed by atoms with van der Waals surface area (Å²) in [4.78, 5) is 44.9. The highest BCUT2D eigenvalue weighted by Crippen LogP contribution is 2.48. The maximum Gasteiger partial charge on any atom is 0.328 e. The minimum atomic E-state index is -3.88. The molecule has 10 heteroatoms. The van der Waals surface area contributed by atoms with Gasteiger partial charge in [-0.05, 0) is 47.6 Å². The smallest absolute Gasteiger partial charge is 0.328 e. The van der Waals surface area contributed by atoms with Gasteiger partial charge in [-0.1, -0.05) is 0 Å². The lowest BCUT2D eigenvalue weighted by Crippen LogP contribution is -2.59. The van der Waals surface area contributed by atoms with Gasteiger partial charge in [0.2, 0.25) is 0 Å². The summed E-state index contributed by atoms with van der Waals surface area (Å²) in [5, 5.41) is 16.1. The van der Waals surface area contributed by atoms with Crippen molar-refractivity contribution in [1.82, 2.24) is 4.90 Å². The van der Waals surface area contributed by atoms with Crippen LogP contribution in [-0.4, -0.2) is 63.3 Å². The highest BCUT2D eigenvalue weighted by molar-refractivity contribution is 7.94. The van der Waals surface area contributed by atoms with Crippen molar-refractivity contribution in [2.24, 2.45) is 5.41 Å². The Hall–Kier alpha value is -2.23. The molecule has 0 saturated carbocycles. The molecule has 26 heavy (non-hydrogen) atoms. The number of sulfone groups is 1. The molecule has 9 nitrogen and oxygen atoms in total. The van der Waals surface area contributed by atoms with Crippen molar-refractivity contribution in [2.45, 2.75) is 57.7 Å². The summed E-state index contributed by atoms with van der Waals surface area (Å²) < 4.78 is 23.0. The average Bonchev–Trinajstić information content (AvgIpc) is 2.57. The third kappa shape index (κ3) is 3.37. The van der Waals surface area contributed by atoms with E-state index >= 15 is 0 Å². The van der Waals surface area contributed by atoms with E-state index in [9.17, 15) is 27.6 Å². The first-order chi connectivity index (χ1) is 11.5. The molecule has 0 radical (unpaired) electrons. The molecule has 2 atom stereocenters. The molecule has 2 saturated heterocycles. The Morgan fingerprint density at radius 3 is 1.88 bits per heavy atom. The lowest BCUT2D eigenvalue weighted by atomic mass is 9.95. The number of carbonyl (C=O) groups is 4. The predicted molar refractivity (Wildman–Crippen MR) is 90.9 cm³/mol. The second kappa shape index (κ2) is 6.49. The maximum absolute atomic E-state index is 12.3. The van der Waals surface area contributed by atoms with Crippen molar-refractivity contribution < 1.29 is 37.8 Å². The molecule has 0 bridgehead atoms. The summed E-state index contributed by atoms with van der Waals surface area (Å²) in [6.07, 6.45) is 0.960. The maximum atomic E-state index is 12.3. The van der Waals surface area contributed by atoms with Crippen LogP contribution in [0.15, 0.2) is 11.6 Å². The van der Waals surface area contributed by atoms with Crippen LogP contribution in [0.5, 0.6) is 0 Å². The Kier molecular flexibility index (Phi) is 5.45. The molecule has 2 aliphatic heterocycles. The van der Waals surface area contributed by atoms with Gasteiger partial charge in [0.05, 0.1) is 11.0 Å². The third-order valence-corrected chi connectivity index (χ3v) is 6.96. The van der Waals surface area contributed by atoms with Crippen LogP contribution >= 0.6 is 0 Å². The number of rotatable bonds is 2. The number of β-lactam (4-membered cyclic amide) rings is 1. The van der Waals surface area contributed by atoms with E-state index in [1.807, 2.05) is 0 Å². The van der Waals surface area contributed by atoms with Gasteiger partial charge < -0.3 is 15.1 Å². The zero-order chi connectivity index (χ0) is 20.8. The van der Waals surface area contributed by atoms with E-state index < -0.39 is 55.0 Å². The lowest BCUT2D eigenvalue weighted by Gasteiger charge is -2.37. The first-order valence-electron chi connectivity index (χ1n) is 7.72. The fraction of sp³-hybridized carbons (Fsp3) is 0.625. The Labute approximate surface area is 151 Å². The monoisotopic (exact) mass is 389 g/mol. The highest BCUT2D eigenvalue weighted by Gasteiger charge is 2.70. The molecule has 0 aromatic carbocycles. The van der Waals surface area contributed by atoms with Gasteiger partial charge in [0.1, 0.15) is 4.75 Å². The summed E-state index contributed by atoms with van der Waals surface area (Å²) in [6.45, 7) is 8.74. The number of hydrogen-bond donors (Lipinski definition) is 2. The second-order valence-corrected chi connectivity index (χ2v) is 10.3. The number of carboxylic acids is 2. The van der Waals surface area contributed by atoms with Crippen LogP contribution < -0.4 is 0 Å². The Morgan fingerprint density at radius 2 is 1.58 bits per heavy atom. The van der Waals surface area contributed by atoms with Crippen molar-refractivity contribution in [3.8, 4) is 0 Å². The van der Waals surface area contributed by atoms with Crippen molar-refractivity contribution in [1.29, 1.82) is 0 Å². The van der Waals surface area contributed by atoms with E-state index in [1.165, 1.54) is 20.8 Å². The van der Waals surface area contributed by atoms with Crippen molar-refractivity contribution in [2.75, 3.05) is 0 Å². The summed E-state index contributed by atoms with van der Waals surface area (Å²) in [5.41, 5.74) is -0.732. The Balaban J connectivity index is 0.000000412. The molecule has 0 unspecified atom stereocenters. The van der Waals surface area contributed by atoms with Gasteiger partial charge in [0.25, 0.3) is 5.91 Å². The number of ketones is 1. The zero-order valence-corrected chi connectivity index (χ0v) is 16.2. The van der Waals surface area contributed by atoms with Crippen LogP contribution in [-0.2, 0) is 29.0 Å². The van der Waals surface area contributed by atoms with Crippen molar-refractivity contribution in [3.63, 3.8) is 0 Å². The van der Waals surface area contributed by atoms with Crippen LogP contribution in [0.1, 0.15) is 41.5 Å². The van der Waals surface area contributed by atoms with Gasteiger partial charge in [-0.2, -0.15) is 0 Å². The number of aliphatic carboxylic acids is 2. The predicted octanol–water partition coefficient (Wildman–Crippen LogP) is 0.447. The molecular formula is C16H23NO8S. The van der Waals surface area contributed by atoms with Gasteiger partial charge >= 0.3 is 11.9 Å². The normalized spacial score (nSPS) is 27.1. The Bertz CT molecular complexity index is 801. The van der Waals surface area contributed by atoms with Crippen LogP contribution in [0.3, 0.4) is 0 Å². The van der Waals surface area contributed by atoms with Gasteiger partial charge in [-0.15, -0.1) is 0 Å². The van der Waals surface area contributed by atoms with E-state index in [2.05, 4.69) is 0 Å². The summed E-state index contributed by atoms with van der Waals surface area (Å²) >= 11 is 0. The molecule has 1 amide bonds. The summed E-state index contributed by atoms with van der Waals surface area (Å²) in [6, 6.07) is -1.43. The number of hydrogen-bond acceptors (Lipinski definition) is 6. The molecule has 2 rings (SSSR count). The molecule has 2 heterocycles. The minimum absolute atomic E-state index is 0.149. The fourth-order valence-electron chi connectivity index (χ4n) is 2.56. The van der Waals surface area contributed by atoms with E-state index in [-0.39, 0.29) is 5.57 Å². The SMILES string of the molecule is CC(=O)C=C1C(=O)N2[C@@H](C(=O)O)C(C)(C)S(=O)(=O)[C@H]12.CC(C)(C)C(=O)O. The number of amides is 1. The van der Waals surface area contributed by atoms with Crippen molar-refractivity contribution >= 4 is 33.5 Å². The molecule has 0 spiro atoms.